The highest BCUT2D eigenvalue weighted by atomic mass is 16.1. The van der Waals surface area contributed by atoms with Gasteiger partial charge in [0.25, 0.3) is 0 Å². The van der Waals surface area contributed by atoms with Crippen LogP contribution in [-0.4, -0.2) is 11.6 Å². The van der Waals surface area contributed by atoms with Crippen molar-refractivity contribution in [3.05, 3.63) is 35.4 Å². The van der Waals surface area contributed by atoms with Crippen molar-refractivity contribution >= 4 is 11.6 Å². The van der Waals surface area contributed by atoms with Gasteiger partial charge < -0.3 is 0 Å². The zero-order valence-electron chi connectivity index (χ0n) is 9.11. The number of fused-ring (bicyclic) bond motifs is 3. The Morgan fingerprint density at radius 3 is 2.75 bits per heavy atom. The number of carbonyl (C=O) groups excluding carboxylic acids is 2. The minimum Gasteiger partial charge on any atom is -0.299 e. The van der Waals surface area contributed by atoms with E-state index >= 15 is 0 Å². The fraction of sp³-hybridized carbons (Fsp3) is 0.429. The Bertz CT molecular complexity index is 462. The highest BCUT2D eigenvalue weighted by Gasteiger charge is 2.39. The van der Waals surface area contributed by atoms with Gasteiger partial charge in [0, 0.05) is 18.3 Å². The number of benzene rings is 1. The van der Waals surface area contributed by atoms with Crippen molar-refractivity contribution in [1.29, 1.82) is 0 Å². The van der Waals surface area contributed by atoms with Crippen LogP contribution in [0.2, 0.25) is 0 Å². The Balaban J connectivity index is 2.04. The van der Waals surface area contributed by atoms with E-state index in [0.29, 0.717) is 6.42 Å². The van der Waals surface area contributed by atoms with Crippen molar-refractivity contribution in [2.75, 3.05) is 0 Å². The molecule has 2 nitrogen and oxygen atoms in total. The largest absolute Gasteiger partial charge is 0.299 e. The van der Waals surface area contributed by atoms with Gasteiger partial charge in [0.15, 0.2) is 0 Å². The van der Waals surface area contributed by atoms with Crippen LogP contribution in [0.25, 0.3) is 0 Å². The van der Waals surface area contributed by atoms with Crippen LogP contribution >= 0.6 is 0 Å². The summed E-state index contributed by atoms with van der Waals surface area (Å²) in [6.45, 7) is 0. The predicted octanol–water partition coefficient (Wildman–Crippen LogP) is 2.26. The lowest BCUT2D eigenvalue weighted by atomic mass is 9.67. The summed E-state index contributed by atoms with van der Waals surface area (Å²) in [4.78, 5) is 23.3. The van der Waals surface area contributed by atoms with E-state index in [0.717, 1.165) is 12.8 Å². The number of rotatable bonds is 0. The maximum Gasteiger partial charge on any atom is 0.143 e. The SMILES string of the molecule is O=C1CC(=O)[C@H]2CCc3ccccc3[C@H]2C1. The molecule has 0 N–H and O–H groups in total. The average molecular weight is 214 g/mol. The van der Waals surface area contributed by atoms with E-state index in [9.17, 15) is 9.59 Å². The number of Topliss-reactive ketones (excluding diaryl/α,β-unsaturated/α-hetero) is 2. The first-order valence-electron chi connectivity index (χ1n) is 5.88. The van der Waals surface area contributed by atoms with Crippen LogP contribution in [0.4, 0.5) is 0 Å². The van der Waals surface area contributed by atoms with E-state index < -0.39 is 0 Å². The minimum absolute atomic E-state index is 0.104. The summed E-state index contributed by atoms with van der Waals surface area (Å²) >= 11 is 0. The maximum absolute atomic E-state index is 11.8. The lowest BCUT2D eigenvalue weighted by Crippen LogP contribution is -2.35. The lowest BCUT2D eigenvalue weighted by molar-refractivity contribution is -0.134. The van der Waals surface area contributed by atoms with Gasteiger partial charge in [0.05, 0.1) is 6.42 Å². The van der Waals surface area contributed by atoms with E-state index in [1.54, 1.807) is 0 Å². The first-order chi connectivity index (χ1) is 7.75. The molecule has 1 aromatic rings. The zero-order valence-corrected chi connectivity index (χ0v) is 9.11. The Kier molecular flexibility index (Phi) is 2.16. The smallest absolute Gasteiger partial charge is 0.143 e. The molecule has 0 saturated heterocycles. The number of carbonyl (C=O) groups is 2. The molecule has 1 saturated carbocycles. The van der Waals surface area contributed by atoms with E-state index in [-0.39, 0.29) is 29.8 Å². The second kappa shape index (κ2) is 3.55. The summed E-state index contributed by atoms with van der Waals surface area (Å²) in [6.07, 6.45) is 2.64. The highest BCUT2D eigenvalue weighted by molar-refractivity contribution is 6.03. The molecular formula is C14H14O2. The molecule has 0 heterocycles. The van der Waals surface area contributed by atoms with Crippen molar-refractivity contribution in [1.82, 2.24) is 0 Å². The number of hydrogen-bond acceptors (Lipinski definition) is 2. The third-order valence-electron chi connectivity index (χ3n) is 3.90. The molecule has 1 aromatic carbocycles. The fourth-order valence-electron chi connectivity index (χ4n) is 3.13. The van der Waals surface area contributed by atoms with Crippen molar-refractivity contribution in [3.8, 4) is 0 Å². The monoisotopic (exact) mass is 214 g/mol. The predicted molar refractivity (Wildman–Crippen MR) is 60.2 cm³/mol. The van der Waals surface area contributed by atoms with Gasteiger partial charge >= 0.3 is 0 Å². The quantitative estimate of drug-likeness (QED) is 0.621. The molecule has 2 aliphatic carbocycles. The Hall–Kier alpha value is -1.44. The average Bonchev–Trinajstić information content (AvgIpc) is 2.28. The Morgan fingerprint density at radius 2 is 1.88 bits per heavy atom. The Morgan fingerprint density at radius 1 is 1.06 bits per heavy atom. The van der Waals surface area contributed by atoms with Gasteiger partial charge in [-0.1, -0.05) is 24.3 Å². The minimum atomic E-state index is 0.104. The molecule has 3 rings (SSSR count). The Labute approximate surface area is 94.7 Å². The highest BCUT2D eigenvalue weighted by Crippen LogP contribution is 2.42. The lowest BCUT2D eigenvalue weighted by Gasteiger charge is -2.35. The van der Waals surface area contributed by atoms with Crippen LogP contribution in [-0.2, 0) is 16.0 Å². The van der Waals surface area contributed by atoms with Gasteiger partial charge in [-0.15, -0.1) is 0 Å². The van der Waals surface area contributed by atoms with Crippen LogP contribution in [0.1, 0.15) is 36.3 Å². The number of hydrogen-bond donors (Lipinski definition) is 0. The third kappa shape index (κ3) is 1.41. The molecule has 0 unspecified atom stereocenters. The molecule has 0 amide bonds. The van der Waals surface area contributed by atoms with Gasteiger partial charge in [-0.05, 0) is 24.0 Å². The van der Waals surface area contributed by atoms with Crippen LogP contribution in [0.15, 0.2) is 24.3 Å². The van der Waals surface area contributed by atoms with Crippen molar-refractivity contribution in [2.45, 2.75) is 31.6 Å². The van der Waals surface area contributed by atoms with Crippen LogP contribution in [0.3, 0.4) is 0 Å². The normalized spacial score (nSPS) is 28.5. The fourth-order valence-corrected chi connectivity index (χ4v) is 3.13. The summed E-state index contributed by atoms with van der Waals surface area (Å²) in [5, 5.41) is 0. The zero-order chi connectivity index (χ0) is 11.1. The van der Waals surface area contributed by atoms with Gasteiger partial charge in [-0.25, -0.2) is 0 Å². The van der Waals surface area contributed by atoms with Crippen molar-refractivity contribution < 1.29 is 9.59 Å². The molecule has 16 heavy (non-hydrogen) atoms. The standard InChI is InChI=1S/C14H14O2/c15-10-7-13-11-4-2-1-3-9(11)5-6-12(13)14(16)8-10/h1-4,12-13H,5-8H2/t12-,13+/m0/s1. The molecule has 0 bridgehead atoms. The summed E-state index contributed by atoms with van der Waals surface area (Å²) in [7, 11) is 0. The molecule has 2 aliphatic rings. The summed E-state index contributed by atoms with van der Waals surface area (Å²) < 4.78 is 0. The van der Waals surface area contributed by atoms with E-state index in [1.165, 1.54) is 11.1 Å². The molecule has 82 valence electrons. The summed E-state index contributed by atoms with van der Waals surface area (Å²) in [5.41, 5.74) is 2.56. The second-order valence-electron chi connectivity index (χ2n) is 4.84. The second-order valence-corrected chi connectivity index (χ2v) is 4.84. The maximum atomic E-state index is 11.8. The molecular weight excluding hydrogens is 200 g/mol. The van der Waals surface area contributed by atoms with Crippen molar-refractivity contribution in [3.63, 3.8) is 0 Å². The van der Waals surface area contributed by atoms with E-state index in [1.807, 2.05) is 12.1 Å². The van der Waals surface area contributed by atoms with Crippen LogP contribution in [0.5, 0.6) is 0 Å². The molecule has 0 aromatic heterocycles. The van der Waals surface area contributed by atoms with Crippen molar-refractivity contribution in [2.24, 2.45) is 5.92 Å². The van der Waals surface area contributed by atoms with Gasteiger partial charge in [-0.3, -0.25) is 9.59 Å². The molecule has 0 aliphatic heterocycles. The topological polar surface area (TPSA) is 34.1 Å². The molecule has 2 heteroatoms. The molecule has 0 spiro atoms. The van der Waals surface area contributed by atoms with Crippen LogP contribution < -0.4 is 0 Å². The van der Waals surface area contributed by atoms with E-state index in [2.05, 4.69) is 12.1 Å². The van der Waals surface area contributed by atoms with E-state index in [4.69, 9.17) is 0 Å². The summed E-state index contributed by atoms with van der Waals surface area (Å²) in [6, 6.07) is 8.24. The van der Waals surface area contributed by atoms with Gasteiger partial charge in [0.2, 0.25) is 0 Å². The third-order valence-corrected chi connectivity index (χ3v) is 3.90. The van der Waals surface area contributed by atoms with Crippen LogP contribution in [0, 0.1) is 5.92 Å². The molecule has 0 radical (unpaired) electrons. The molecule has 2 atom stereocenters. The molecule has 1 fully saturated rings. The first kappa shape index (κ1) is 9.76. The van der Waals surface area contributed by atoms with Gasteiger partial charge in [-0.2, -0.15) is 0 Å². The summed E-state index contributed by atoms with van der Waals surface area (Å²) in [5.74, 6) is 0.546. The number of aryl methyl sites for hydroxylation is 1. The first-order valence-corrected chi connectivity index (χ1v) is 5.88. The van der Waals surface area contributed by atoms with Gasteiger partial charge in [0.1, 0.15) is 11.6 Å². The number of ketones is 2.